The fourth-order valence-corrected chi connectivity index (χ4v) is 2.46. The van der Waals surface area contributed by atoms with Gasteiger partial charge in [-0.3, -0.25) is 4.79 Å². The quantitative estimate of drug-likeness (QED) is 0.828. The Kier molecular flexibility index (Phi) is 3.56. The summed E-state index contributed by atoms with van der Waals surface area (Å²) in [7, 11) is 0. The predicted octanol–water partition coefficient (Wildman–Crippen LogP) is 3.18. The van der Waals surface area contributed by atoms with E-state index < -0.39 is 5.97 Å². The molecular formula is C16H17NO2. The Hall–Kier alpha value is -2.29. The van der Waals surface area contributed by atoms with Gasteiger partial charge in [0.1, 0.15) is 0 Å². The number of aliphatic carboxylic acids is 1. The SMILES string of the molecule is Cc1cc(N)cc(C)c1-c1cccc(CC(=O)O)c1. The summed E-state index contributed by atoms with van der Waals surface area (Å²) in [5, 5.41) is 8.86. The molecular weight excluding hydrogens is 238 g/mol. The van der Waals surface area contributed by atoms with E-state index >= 15 is 0 Å². The first-order valence-corrected chi connectivity index (χ1v) is 6.15. The molecule has 0 unspecified atom stereocenters. The summed E-state index contributed by atoms with van der Waals surface area (Å²) < 4.78 is 0. The van der Waals surface area contributed by atoms with Crippen LogP contribution in [-0.4, -0.2) is 11.1 Å². The summed E-state index contributed by atoms with van der Waals surface area (Å²) >= 11 is 0. The van der Waals surface area contributed by atoms with Crippen LogP contribution in [0.5, 0.6) is 0 Å². The van der Waals surface area contributed by atoms with Crippen LogP contribution >= 0.6 is 0 Å². The topological polar surface area (TPSA) is 63.3 Å². The Bertz CT molecular complexity index is 609. The molecule has 3 N–H and O–H groups in total. The van der Waals surface area contributed by atoms with Crippen molar-refractivity contribution in [1.82, 2.24) is 0 Å². The number of aryl methyl sites for hydroxylation is 2. The zero-order valence-corrected chi connectivity index (χ0v) is 11.1. The summed E-state index contributed by atoms with van der Waals surface area (Å²) in [4.78, 5) is 10.8. The van der Waals surface area contributed by atoms with Crippen molar-refractivity contribution in [3.05, 3.63) is 53.1 Å². The van der Waals surface area contributed by atoms with Crippen LogP contribution in [0, 0.1) is 13.8 Å². The molecule has 0 heterocycles. The Morgan fingerprint density at radius 1 is 1.16 bits per heavy atom. The number of rotatable bonds is 3. The summed E-state index contributed by atoms with van der Waals surface area (Å²) in [6.45, 7) is 4.03. The number of anilines is 1. The van der Waals surface area contributed by atoms with Gasteiger partial charge in [0.25, 0.3) is 0 Å². The highest BCUT2D eigenvalue weighted by molar-refractivity contribution is 5.75. The molecule has 0 saturated heterocycles. The van der Waals surface area contributed by atoms with Gasteiger partial charge in [-0.15, -0.1) is 0 Å². The molecule has 2 aromatic carbocycles. The van der Waals surface area contributed by atoms with Crippen LogP contribution in [-0.2, 0) is 11.2 Å². The van der Waals surface area contributed by atoms with Gasteiger partial charge in [0, 0.05) is 5.69 Å². The molecule has 0 aliphatic heterocycles. The van der Waals surface area contributed by atoms with Gasteiger partial charge in [-0.2, -0.15) is 0 Å². The molecule has 0 saturated carbocycles. The maximum Gasteiger partial charge on any atom is 0.307 e. The van der Waals surface area contributed by atoms with Crippen LogP contribution in [0.4, 0.5) is 5.69 Å². The zero-order chi connectivity index (χ0) is 14.0. The lowest BCUT2D eigenvalue weighted by atomic mass is 9.93. The van der Waals surface area contributed by atoms with Gasteiger partial charge in [-0.1, -0.05) is 24.3 Å². The van der Waals surface area contributed by atoms with E-state index in [1.165, 1.54) is 0 Å². The molecule has 98 valence electrons. The van der Waals surface area contributed by atoms with E-state index in [9.17, 15) is 4.79 Å². The summed E-state index contributed by atoms with van der Waals surface area (Å²) in [5.74, 6) is -0.817. The van der Waals surface area contributed by atoms with Gasteiger partial charge >= 0.3 is 5.97 Å². The van der Waals surface area contributed by atoms with Crippen molar-refractivity contribution in [2.24, 2.45) is 0 Å². The summed E-state index contributed by atoms with van der Waals surface area (Å²) in [6, 6.07) is 11.5. The number of hydrogen-bond donors (Lipinski definition) is 2. The van der Waals surface area contributed by atoms with Crippen LogP contribution in [0.3, 0.4) is 0 Å². The van der Waals surface area contributed by atoms with Gasteiger partial charge in [-0.25, -0.2) is 0 Å². The highest BCUT2D eigenvalue weighted by Crippen LogP contribution is 2.29. The number of hydrogen-bond acceptors (Lipinski definition) is 2. The lowest BCUT2D eigenvalue weighted by Crippen LogP contribution is -2.00. The third-order valence-electron chi connectivity index (χ3n) is 3.13. The van der Waals surface area contributed by atoms with Gasteiger partial charge in [0.2, 0.25) is 0 Å². The minimum atomic E-state index is -0.817. The van der Waals surface area contributed by atoms with Crippen LogP contribution in [0.1, 0.15) is 16.7 Å². The largest absolute Gasteiger partial charge is 0.481 e. The van der Waals surface area contributed by atoms with Crippen molar-refractivity contribution in [1.29, 1.82) is 0 Å². The molecule has 0 aliphatic carbocycles. The number of carboxylic acid groups (broad SMARTS) is 1. The van der Waals surface area contributed by atoms with E-state index in [0.717, 1.165) is 33.5 Å². The molecule has 3 heteroatoms. The van der Waals surface area contributed by atoms with Crippen molar-refractivity contribution >= 4 is 11.7 Å². The van der Waals surface area contributed by atoms with Crippen molar-refractivity contribution in [2.45, 2.75) is 20.3 Å². The zero-order valence-electron chi connectivity index (χ0n) is 11.1. The minimum Gasteiger partial charge on any atom is -0.481 e. The second-order valence-corrected chi connectivity index (χ2v) is 4.80. The number of nitrogen functional groups attached to an aromatic ring is 1. The number of carboxylic acids is 1. The van der Waals surface area contributed by atoms with Crippen LogP contribution in [0.25, 0.3) is 11.1 Å². The van der Waals surface area contributed by atoms with Gasteiger partial charge in [0.05, 0.1) is 6.42 Å². The highest BCUT2D eigenvalue weighted by atomic mass is 16.4. The maximum absolute atomic E-state index is 10.8. The molecule has 0 aromatic heterocycles. The average molecular weight is 255 g/mol. The van der Waals surface area contributed by atoms with Crippen LogP contribution in [0.15, 0.2) is 36.4 Å². The van der Waals surface area contributed by atoms with E-state index in [0.29, 0.717) is 0 Å². The van der Waals surface area contributed by atoms with Crippen molar-refractivity contribution < 1.29 is 9.90 Å². The Morgan fingerprint density at radius 2 is 1.79 bits per heavy atom. The van der Waals surface area contributed by atoms with Crippen LogP contribution in [0.2, 0.25) is 0 Å². The molecule has 2 aromatic rings. The van der Waals surface area contributed by atoms with E-state index in [1.54, 1.807) is 0 Å². The fourth-order valence-electron chi connectivity index (χ4n) is 2.46. The van der Waals surface area contributed by atoms with Gasteiger partial charge < -0.3 is 10.8 Å². The maximum atomic E-state index is 10.8. The normalized spacial score (nSPS) is 10.4. The molecule has 0 aliphatic rings. The number of benzene rings is 2. The van der Waals surface area contributed by atoms with E-state index in [1.807, 2.05) is 50.2 Å². The standard InChI is InChI=1S/C16H17NO2/c1-10-6-14(17)7-11(2)16(10)13-5-3-4-12(8-13)9-15(18)19/h3-8H,9,17H2,1-2H3,(H,18,19). The van der Waals surface area contributed by atoms with Gasteiger partial charge in [-0.05, 0) is 53.8 Å². The lowest BCUT2D eigenvalue weighted by Gasteiger charge is -2.12. The molecule has 0 atom stereocenters. The smallest absolute Gasteiger partial charge is 0.307 e. The van der Waals surface area contributed by atoms with E-state index in [2.05, 4.69) is 0 Å². The van der Waals surface area contributed by atoms with E-state index in [4.69, 9.17) is 10.8 Å². The van der Waals surface area contributed by atoms with Gasteiger partial charge in [0.15, 0.2) is 0 Å². The predicted molar refractivity (Wildman–Crippen MR) is 77.1 cm³/mol. The van der Waals surface area contributed by atoms with Crippen LogP contribution < -0.4 is 5.73 Å². The minimum absolute atomic E-state index is 0.0426. The summed E-state index contributed by atoms with van der Waals surface area (Å²) in [6.07, 6.45) is 0.0426. The molecule has 0 spiro atoms. The first-order chi connectivity index (χ1) is 8.97. The molecule has 0 radical (unpaired) electrons. The first-order valence-electron chi connectivity index (χ1n) is 6.15. The lowest BCUT2D eigenvalue weighted by molar-refractivity contribution is -0.136. The molecule has 0 bridgehead atoms. The number of carbonyl (C=O) groups is 1. The first kappa shape index (κ1) is 13.1. The van der Waals surface area contributed by atoms with Crippen molar-refractivity contribution in [2.75, 3.05) is 5.73 Å². The van der Waals surface area contributed by atoms with Crippen molar-refractivity contribution in [3.8, 4) is 11.1 Å². The molecule has 0 fully saturated rings. The molecule has 2 rings (SSSR count). The molecule has 19 heavy (non-hydrogen) atoms. The average Bonchev–Trinajstić information content (AvgIpc) is 2.26. The summed E-state index contributed by atoms with van der Waals surface area (Å²) in [5.41, 5.74) is 11.7. The third-order valence-corrected chi connectivity index (χ3v) is 3.13. The number of nitrogens with two attached hydrogens (primary N) is 1. The Balaban J connectivity index is 2.50. The molecule has 0 amide bonds. The highest BCUT2D eigenvalue weighted by Gasteiger charge is 2.08. The van der Waals surface area contributed by atoms with E-state index in [-0.39, 0.29) is 6.42 Å². The third kappa shape index (κ3) is 2.94. The molecule has 3 nitrogen and oxygen atoms in total. The van der Waals surface area contributed by atoms with Crippen molar-refractivity contribution in [3.63, 3.8) is 0 Å². The Morgan fingerprint density at radius 3 is 2.37 bits per heavy atom. The monoisotopic (exact) mass is 255 g/mol. The Labute approximate surface area is 112 Å². The fraction of sp³-hybridized carbons (Fsp3) is 0.188. The second kappa shape index (κ2) is 5.14. The second-order valence-electron chi connectivity index (χ2n) is 4.80.